The molecule has 1 radical (unpaired) electrons. The average Bonchev–Trinajstić information content (AvgIpc) is 3.69. The molecule has 239 valence electrons. The summed E-state index contributed by atoms with van der Waals surface area (Å²) < 4.78 is 0. The molecule has 0 amide bonds. The van der Waals surface area contributed by atoms with Gasteiger partial charge in [-0.3, -0.25) is 0 Å². The summed E-state index contributed by atoms with van der Waals surface area (Å²) in [5.74, 6) is 3.48. The quantitative estimate of drug-likeness (QED) is 0.121. The predicted molar refractivity (Wildman–Crippen MR) is 192 cm³/mol. The van der Waals surface area contributed by atoms with Crippen LogP contribution in [0.5, 0.6) is 0 Å². The summed E-state index contributed by atoms with van der Waals surface area (Å²) in [6.07, 6.45) is 11.2. The van der Waals surface area contributed by atoms with Crippen molar-refractivity contribution in [3.05, 3.63) is 127 Å². The maximum atomic E-state index is 4.80. The first kappa shape index (κ1) is 34.2. The molecule has 2 aromatic heterocycles. The zero-order valence-corrected chi connectivity index (χ0v) is 31.3. The molecule has 4 heteroatoms. The Balaban J connectivity index is 0.000000179. The van der Waals surface area contributed by atoms with Crippen LogP contribution in [0.4, 0.5) is 0 Å². The predicted octanol–water partition coefficient (Wildman–Crippen LogP) is 10.4. The van der Waals surface area contributed by atoms with Crippen LogP contribution in [0.3, 0.4) is 0 Å². The maximum absolute atomic E-state index is 4.80. The number of hydrogen-bond donors (Lipinski definition) is 0. The molecule has 2 bridgehead atoms. The van der Waals surface area contributed by atoms with E-state index in [-0.39, 0.29) is 20.1 Å². The fourth-order valence-electron chi connectivity index (χ4n) is 7.39. The number of pyridine rings is 2. The molecular formula is C42H46IrN2Si-2. The van der Waals surface area contributed by atoms with Gasteiger partial charge in [-0.2, -0.15) is 0 Å². The smallest absolute Gasteiger partial charge is 0.0798 e. The second-order valence-electron chi connectivity index (χ2n) is 14.3. The molecule has 2 heterocycles. The van der Waals surface area contributed by atoms with Gasteiger partial charge in [0.2, 0.25) is 0 Å². The summed E-state index contributed by atoms with van der Waals surface area (Å²) in [7, 11) is -1.37. The van der Waals surface area contributed by atoms with Crippen LogP contribution in [-0.4, -0.2) is 18.0 Å². The van der Waals surface area contributed by atoms with Crippen LogP contribution in [-0.2, 0) is 26.5 Å². The van der Waals surface area contributed by atoms with Crippen LogP contribution in [0.1, 0.15) is 56.6 Å². The third-order valence-electron chi connectivity index (χ3n) is 9.81. The number of fused-ring (bicyclic) bond motifs is 2. The third kappa shape index (κ3) is 8.03. The third-order valence-corrected chi connectivity index (χ3v) is 11.9. The molecule has 0 aliphatic heterocycles. The van der Waals surface area contributed by atoms with Gasteiger partial charge in [0.25, 0.3) is 0 Å². The first-order chi connectivity index (χ1) is 21.8. The van der Waals surface area contributed by atoms with Gasteiger partial charge < -0.3 is 9.97 Å². The molecule has 0 spiro atoms. The van der Waals surface area contributed by atoms with E-state index in [1.807, 2.05) is 48.7 Å². The number of nitrogens with zero attached hydrogens (tertiary/aromatic N) is 2. The van der Waals surface area contributed by atoms with Crippen LogP contribution >= 0.6 is 0 Å². The maximum Gasteiger partial charge on any atom is 0.0798 e. The summed E-state index contributed by atoms with van der Waals surface area (Å²) in [6.45, 7) is 11.8. The molecule has 2 aliphatic rings. The number of hydrogen-bond acceptors (Lipinski definition) is 2. The van der Waals surface area contributed by atoms with Crippen LogP contribution in [0, 0.1) is 29.9 Å². The molecule has 3 atom stereocenters. The monoisotopic (exact) mass is 799 g/mol. The van der Waals surface area contributed by atoms with E-state index in [2.05, 4.69) is 105 Å². The van der Waals surface area contributed by atoms with Crippen molar-refractivity contribution in [2.24, 2.45) is 17.8 Å². The summed E-state index contributed by atoms with van der Waals surface area (Å²) in [5, 5.41) is 1.56. The second-order valence-corrected chi connectivity index (χ2v) is 19.4. The van der Waals surface area contributed by atoms with Crippen molar-refractivity contribution in [2.45, 2.75) is 71.5 Å². The summed E-state index contributed by atoms with van der Waals surface area (Å²) in [4.78, 5) is 9.35. The summed E-state index contributed by atoms with van der Waals surface area (Å²) in [6, 6.07) is 38.0. The molecule has 46 heavy (non-hydrogen) atoms. The molecule has 0 N–H and O–H groups in total. The average molecular weight is 799 g/mol. The van der Waals surface area contributed by atoms with Crippen molar-refractivity contribution in [3.63, 3.8) is 0 Å². The molecule has 2 saturated carbocycles. The van der Waals surface area contributed by atoms with Crippen molar-refractivity contribution in [3.8, 4) is 33.6 Å². The summed E-state index contributed by atoms with van der Waals surface area (Å²) >= 11 is 0. The van der Waals surface area contributed by atoms with Gasteiger partial charge in [0.05, 0.1) is 8.07 Å². The molecule has 2 nitrogen and oxygen atoms in total. The summed E-state index contributed by atoms with van der Waals surface area (Å²) in [5.41, 5.74) is 9.50. The Morgan fingerprint density at radius 2 is 1.52 bits per heavy atom. The molecule has 3 unspecified atom stereocenters. The van der Waals surface area contributed by atoms with E-state index in [0.717, 1.165) is 45.8 Å². The Bertz CT molecular complexity index is 1690. The first-order valence-electron chi connectivity index (χ1n) is 16.7. The van der Waals surface area contributed by atoms with Gasteiger partial charge in [-0.25, -0.2) is 0 Å². The van der Waals surface area contributed by atoms with Crippen molar-refractivity contribution in [1.29, 1.82) is 0 Å². The zero-order chi connectivity index (χ0) is 31.4. The Hall–Kier alpha value is -3.17. The molecule has 0 saturated heterocycles. The minimum Gasteiger partial charge on any atom is -0.305 e. The molecule has 2 fully saturated rings. The van der Waals surface area contributed by atoms with Crippen LogP contribution in [0.2, 0.25) is 19.6 Å². The van der Waals surface area contributed by atoms with Crippen molar-refractivity contribution in [1.82, 2.24) is 9.97 Å². The van der Waals surface area contributed by atoms with E-state index in [1.54, 1.807) is 10.8 Å². The molecular weight excluding hydrogens is 753 g/mol. The molecule has 3 aromatic carbocycles. The van der Waals surface area contributed by atoms with Crippen LogP contribution in [0.15, 0.2) is 103 Å². The van der Waals surface area contributed by atoms with Crippen LogP contribution in [0.25, 0.3) is 33.6 Å². The van der Waals surface area contributed by atoms with Gasteiger partial charge in [-0.1, -0.05) is 81.9 Å². The Kier molecular flexibility index (Phi) is 11.3. The van der Waals surface area contributed by atoms with Crippen molar-refractivity contribution in [2.75, 3.05) is 0 Å². The Morgan fingerprint density at radius 3 is 2.11 bits per heavy atom. The van der Waals surface area contributed by atoms with E-state index in [1.165, 1.54) is 43.2 Å². The van der Waals surface area contributed by atoms with Gasteiger partial charge in [0, 0.05) is 32.5 Å². The largest absolute Gasteiger partial charge is 0.305 e. The van der Waals surface area contributed by atoms with E-state index in [9.17, 15) is 0 Å². The molecule has 2 aliphatic carbocycles. The van der Waals surface area contributed by atoms with Crippen molar-refractivity contribution >= 4 is 13.3 Å². The fraction of sp³-hybridized carbons (Fsp3) is 0.333. The van der Waals surface area contributed by atoms with Crippen molar-refractivity contribution < 1.29 is 20.1 Å². The SMILES string of the molecule is CC(C)c1ccc(-c2cccnc2-c2[c-]cccc2)cc1.C[Si](C)(C)c1cnc(-c2[c-]cccc2)cc1CC1CC2CCC1C2.[Ir]. The Morgan fingerprint density at radius 1 is 0.804 bits per heavy atom. The molecule has 5 aromatic rings. The molecule has 7 rings (SSSR count). The van der Waals surface area contributed by atoms with E-state index >= 15 is 0 Å². The standard InChI is InChI=1S/C22H28NSi.C20H18N.Ir/c1-24(2,3)22-15-23-21(17-7-5-4-6-8-17)14-20(22)13-19-12-16-9-10-18(19)11-16;1-15(2)16-10-12-17(13-11-16)19-9-6-14-21-20(19)18-7-4-3-5-8-18;/h4-7,14-16,18-19H,9-13H2,1-3H3;3-7,9-15H,1-2H3;/q2*-1;. The van der Waals surface area contributed by atoms with Gasteiger partial charge in [-0.05, 0) is 88.7 Å². The Labute approximate surface area is 291 Å². The van der Waals surface area contributed by atoms with Gasteiger partial charge >= 0.3 is 0 Å². The van der Waals surface area contributed by atoms with Gasteiger partial charge in [-0.15, -0.1) is 71.8 Å². The number of benzene rings is 3. The minimum absolute atomic E-state index is 0. The van der Waals surface area contributed by atoms with Gasteiger partial charge in [0.1, 0.15) is 0 Å². The zero-order valence-electron chi connectivity index (χ0n) is 27.9. The normalized spacial score (nSPS) is 18.5. The topological polar surface area (TPSA) is 25.8 Å². The van der Waals surface area contributed by atoms with Gasteiger partial charge in [0.15, 0.2) is 0 Å². The van der Waals surface area contributed by atoms with Crippen LogP contribution < -0.4 is 5.19 Å². The fourth-order valence-corrected chi connectivity index (χ4v) is 8.98. The van der Waals surface area contributed by atoms with E-state index in [4.69, 9.17) is 4.98 Å². The second kappa shape index (κ2) is 15.2. The first-order valence-corrected chi connectivity index (χ1v) is 20.2. The number of rotatable bonds is 7. The van der Waals surface area contributed by atoms with E-state index < -0.39 is 8.07 Å². The minimum atomic E-state index is -1.37. The van der Waals surface area contributed by atoms with E-state index in [0.29, 0.717) is 5.92 Å². The number of aromatic nitrogens is 2.